The molecule has 0 amide bonds. The largest absolute Gasteiger partial charge is 0.392 e. The van der Waals surface area contributed by atoms with Gasteiger partial charge in [0.25, 0.3) is 0 Å². The first-order valence-electron chi connectivity index (χ1n) is 5.69. The Morgan fingerprint density at radius 1 is 1.27 bits per heavy atom. The normalized spacial score (nSPS) is 19.3. The molecule has 2 rings (SSSR count). The van der Waals surface area contributed by atoms with E-state index in [9.17, 15) is 9.50 Å². The molecule has 2 heteroatoms. The van der Waals surface area contributed by atoms with Crippen LogP contribution in [-0.2, 0) is 6.42 Å². The van der Waals surface area contributed by atoms with Crippen molar-refractivity contribution in [3.63, 3.8) is 0 Å². The van der Waals surface area contributed by atoms with E-state index in [-0.39, 0.29) is 11.9 Å². The number of benzene rings is 1. The van der Waals surface area contributed by atoms with Crippen LogP contribution in [0.1, 0.15) is 31.2 Å². The Labute approximate surface area is 89.9 Å². The van der Waals surface area contributed by atoms with Crippen molar-refractivity contribution >= 4 is 0 Å². The quantitative estimate of drug-likeness (QED) is 0.809. The second-order valence-corrected chi connectivity index (χ2v) is 4.41. The zero-order valence-corrected chi connectivity index (χ0v) is 8.82. The first-order chi connectivity index (χ1) is 7.27. The minimum absolute atomic E-state index is 0.199. The standard InChI is InChI=1S/C13H17FO/c14-12-8-4-3-7-11(12)9-13(15)10-5-1-2-6-10/h3-4,7-8,10,13,15H,1-2,5-6,9H2. The summed E-state index contributed by atoms with van der Waals surface area (Å²) in [6.45, 7) is 0. The summed E-state index contributed by atoms with van der Waals surface area (Å²) >= 11 is 0. The summed E-state index contributed by atoms with van der Waals surface area (Å²) in [5.74, 6) is 0.180. The molecule has 1 nitrogen and oxygen atoms in total. The van der Waals surface area contributed by atoms with Gasteiger partial charge in [-0.2, -0.15) is 0 Å². The van der Waals surface area contributed by atoms with Gasteiger partial charge in [0.1, 0.15) is 5.82 Å². The lowest BCUT2D eigenvalue weighted by Crippen LogP contribution is -2.20. The highest BCUT2D eigenvalue weighted by atomic mass is 19.1. The second kappa shape index (κ2) is 4.75. The van der Waals surface area contributed by atoms with Crippen molar-refractivity contribution in [2.24, 2.45) is 5.92 Å². The lowest BCUT2D eigenvalue weighted by Gasteiger charge is -2.17. The number of aliphatic hydroxyl groups excluding tert-OH is 1. The highest BCUT2D eigenvalue weighted by Gasteiger charge is 2.23. The zero-order valence-electron chi connectivity index (χ0n) is 8.82. The molecule has 0 saturated heterocycles. The van der Waals surface area contributed by atoms with E-state index in [1.54, 1.807) is 12.1 Å². The Morgan fingerprint density at radius 3 is 2.60 bits per heavy atom. The van der Waals surface area contributed by atoms with Gasteiger partial charge in [0, 0.05) is 6.42 Å². The molecule has 1 aromatic rings. The molecule has 0 spiro atoms. The average Bonchev–Trinajstić information content (AvgIpc) is 2.74. The van der Waals surface area contributed by atoms with Crippen LogP contribution in [0, 0.1) is 11.7 Å². The molecule has 1 aliphatic carbocycles. The van der Waals surface area contributed by atoms with Crippen LogP contribution in [0.4, 0.5) is 4.39 Å². The zero-order chi connectivity index (χ0) is 10.7. The molecule has 1 unspecified atom stereocenters. The lowest BCUT2D eigenvalue weighted by molar-refractivity contribution is 0.110. The van der Waals surface area contributed by atoms with Gasteiger partial charge in [-0.1, -0.05) is 31.0 Å². The van der Waals surface area contributed by atoms with Crippen molar-refractivity contribution in [1.82, 2.24) is 0 Å². The van der Waals surface area contributed by atoms with E-state index in [1.807, 2.05) is 6.07 Å². The van der Waals surface area contributed by atoms with Gasteiger partial charge in [-0.05, 0) is 30.4 Å². The van der Waals surface area contributed by atoms with Gasteiger partial charge in [0.2, 0.25) is 0 Å². The molecule has 1 aliphatic rings. The average molecular weight is 208 g/mol. The smallest absolute Gasteiger partial charge is 0.126 e. The number of rotatable bonds is 3. The predicted molar refractivity (Wildman–Crippen MR) is 58.1 cm³/mol. The van der Waals surface area contributed by atoms with E-state index in [4.69, 9.17) is 0 Å². The highest BCUT2D eigenvalue weighted by molar-refractivity contribution is 5.18. The molecular weight excluding hydrogens is 191 g/mol. The van der Waals surface area contributed by atoms with Crippen molar-refractivity contribution in [3.8, 4) is 0 Å². The predicted octanol–water partition coefficient (Wildman–Crippen LogP) is 2.92. The van der Waals surface area contributed by atoms with Crippen molar-refractivity contribution in [2.45, 2.75) is 38.2 Å². The van der Waals surface area contributed by atoms with Gasteiger partial charge < -0.3 is 5.11 Å². The van der Waals surface area contributed by atoms with Crippen molar-refractivity contribution in [1.29, 1.82) is 0 Å². The molecule has 15 heavy (non-hydrogen) atoms. The summed E-state index contributed by atoms with van der Waals surface area (Å²) < 4.78 is 13.3. The molecule has 1 atom stereocenters. The van der Waals surface area contributed by atoms with E-state index >= 15 is 0 Å². The van der Waals surface area contributed by atoms with Crippen LogP contribution in [0.15, 0.2) is 24.3 Å². The summed E-state index contributed by atoms with van der Waals surface area (Å²) in [5, 5.41) is 9.96. The van der Waals surface area contributed by atoms with Crippen LogP contribution in [0.25, 0.3) is 0 Å². The molecule has 1 N–H and O–H groups in total. The third kappa shape index (κ3) is 2.57. The summed E-state index contributed by atoms with van der Waals surface area (Å²) in [6.07, 6.45) is 4.69. The maximum atomic E-state index is 13.3. The summed E-state index contributed by atoms with van der Waals surface area (Å²) in [7, 11) is 0. The Hall–Kier alpha value is -0.890. The molecule has 1 fully saturated rings. The fourth-order valence-electron chi connectivity index (χ4n) is 2.40. The molecule has 0 aliphatic heterocycles. The van der Waals surface area contributed by atoms with Gasteiger partial charge in [-0.25, -0.2) is 4.39 Å². The van der Waals surface area contributed by atoms with Crippen molar-refractivity contribution in [2.75, 3.05) is 0 Å². The van der Waals surface area contributed by atoms with Crippen LogP contribution < -0.4 is 0 Å². The molecule has 0 heterocycles. The molecular formula is C13H17FO. The third-order valence-electron chi connectivity index (χ3n) is 3.33. The Kier molecular flexibility index (Phi) is 3.37. The first kappa shape index (κ1) is 10.6. The van der Waals surface area contributed by atoms with E-state index in [0.717, 1.165) is 12.8 Å². The van der Waals surface area contributed by atoms with Crippen LogP contribution in [0.2, 0.25) is 0 Å². The van der Waals surface area contributed by atoms with Crippen LogP contribution in [0.3, 0.4) is 0 Å². The van der Waals surface area contributed by atoms with E-state index in [1.165, 1.54) is 18.9 Å². The maximum absolute atomic E-state index is 13.3. The molecule has 0 bridgehead atoms. The van der Waals surface area contributed by atoms with Gasteiger partial charge in [-0.3, -0.25) is 0 Å². The van der Waals surface area contributed by atoms with Crippen molar-refractivity contribution in [3.05, 3.63) is 35.6 Å². The van der Waals surface area contributed by atoms with Crippen molar-refractivity contribution < 1.29 is 9.50 Å². The topological polar surface area (TPSA) is 20.2 Å². The Balaban J connectivity index is 1.99. The first-order valence-corrected chi connectivity index (χ1v) is 5.69. The summed E-state index contributed by atoms with van der Waals surface area (Å²) in [6, 6.07) is 6.71. The monoisotopic (exact) mass is 208 g/mol. The second-order valence-electron chi connectivity index (χ2n) is 4.41. The minimum Gasteiger partial charge on any atom is -0.392 e. The number of hydrogen-bond acceptors (Lipinski definition) is 1. The van der Waals surface area contributed by atoms with E-state index < -0.39 is 0 Å². The highest BCUT2D eigenvalue weighted by Crippen LogP contribution is 2.29. The van der Waals surface area contributed by atoms with Gasteiger partial charge in [0.05, 0.1) is 6.10 Å². The molecule has 0 aromatic heterocycles. The lowest BCUT2D eigenvalue weighted by atomic mass is 9.95. The molecule has 82 valence electrons. The molecule has 0 radical (unpaired) electrons. The Morgan fingerprint density at radius 2 is 1.93 bits per heavy atom. The third-order valence-corrected chi connectivity index (χ3v) is 3.33. The SMILES string of the molecule is OC(Cc1ccccc1F)C1CCCC1. The van der Waals surface area contributed by atoms with Crippen LogP contribution in [0.5, 0.6) is 0 Å². The fraction of sp³-hybridized carbons (Fsp3) is 0.538. The van der Waals surface area contributed by atoms with Crippen LogP contribution >= 0.6 is 0 Å². The number of halogens is 1. The van der Waals surface area contributed by atoms with Crippen LogP contribution in [-0.4, -0.2) is 11.2 Å². The van der Waals surface area contributed by atoms with E-state index in [2.05, 4.69) is 0 Å². The van der Waals surface area contributed by atoms with E-state index in [0.29, 0.717) is 17.9 Å². The number of aliphatic hydroxyl groups is 1. The Bertz CT molecular complexity index is 318. The van der Waals surface area contributed by atoms with Gasteiger partial charge >= 0.3 is 0 Å². The fourth-order valence-corrected chi connectivity index (χ4v) is 2.40. The molecule has 1 saturated carbocycles. The summed E-state index contributed by atoms with van der Waals surface area (Å²) in [4.78, 5) is 0. The number of hydrogen-bond donors (Lipinski definition) is 1. The summed E-state index contributed by atoms with van der Waals surface area (Å²) in [5.41, 5.74) is 0.636. The molecule has 1 aromatic carbocycles. The maximum Gasteiger partial charge on any atom is 0.126 e. The van der Waals surface area contributed by atoms with Gasteiger partial charge in [0.15, 0.2) is 0 Å². The minimum atomic E-state index is -0.371. The van der Waals surface area contributed by atoms with Gasteiger partial charge in [-0.15, -0.1) is 0 Å².